The number of benzene rings is 1. The zero-order valence-electron chi connectivity index (χ0n) is 12.5. The van der Waals surface area contributed by atoms with Crippen molar-refractivity contribution >= 4 is 34.4 Å². The molecule has 24 heavy (non-hydrogen) atoms. The SMILES string of the molecule is Cc1ncc2c(SCC(=O)Nc3cc(F)cc(F)c3)ncnc2n1. The molecule has 3 rings (SSSR count). The number of anilines is 1. The number of fused-ring (bicyclic) bond motifs is 1. The number of rotatable bonds is 4. The number of carbonyl (C=O) groups is 1. The fourth-order valence-electron chi connectivity index (χ4n) is 1.98. The van der Waals surface area contributed by atoms with Gasteiger partial charge in [0.1, 0.15) is 28.8 Å². The van der Waals surface area contributed by atoms with Gasteiger partial charge in [-0.05, 0) is 19.1 Å². The number of halogens is 2. The van der Waals surface area contributed by atoms with Gasteiger partial charge in [0.25, 0.3) is 0 Å². The Morgan fingerprint density at radius 1 is 1.17 bits per heavy atom. The molecule has 122 valence electrons. The molecule has 0 saturated heterocycles. The van der Waals surface area contributed by atoms with Crippen molar-refractivity contribution in [2.24, 2.45) is 0 Å². The van der Waals surface area contributed by atoms with E-state index < -0.39 is 17.5 Å². The fraction of sp³-hybridized carbons (Fsp3) is 0.133. The zero-order valence-corrected chi connectivity index (χ0v) is 13.3. The average Bonchev–Trinajstić information content (AvgIpc) is 2.51. The van der Waals surface area contributed by atoms with Crippen LogP contribution < -0.4 is 5.32 Å². The number of hydrogen-bond donors (Lipinski definition) is 1. The predicted molar refractivity (Wildman–Crippen MR) is 85.6 cm³/mol. The van der Waals surface area contributed by atoms with E-state index in [1.54, 1.807) is 13.1 Å². The van der Waals surface area contributed by atoms with Gasteiger partial charge in [-0.3, -0.25) is 4.79 Å². The largest absolute Gasteiger partial charge is 0.325 e. The van der Waals surface area contributed by atoms with Crippen LogP contribution >= 0.6 is 11.8 Å². The maximum atomic E-state index is 13.1. The molecule has 0 aliphatic heterocycles. The second-order valence-electron chi connectivity index (χ2n) is 4.83. The molecular weight excluding hydrogens is 336 g/mol. The van der Waals surface area contributed by atoms with E-state index in [-0.39, 0.29) is 11.4 Å². The molecule has 1 amide bonds. The van der Waals surface area contributed by atoms with Crippen LogP contribution in [0.15, 0.2) is 35.7 Å². The molecule has 3 aromatic rings. The van der Waals surface area contributed by atoms with E-state index in [0.717, 1.165) is 30.0 Å². The van der Waals surface area contributed by atoms with Gasteiger partial charge >= 0.3 is 0 Å². The average molecular weight is 347 g/mol. The topological polar surface area (TPSA) is 80.7 Å². The summed E-state index contributed by atoms with van der Waals surface area (Å²) in [7, 11) is 0. The standard InChI is InChI=1S/C15H11F2N5OS/c1-8-18-5-12-14(21-8)19-7-20-15(12)24-6-13(23)22-11-3-9(16)2-10(17)4-11/h2-5,7H,6H2,1H3,(H,22,23). The van der Waals surface area contributed by atoms with E-state index in [1.807, 2.05) is 0 Å². The Labute approximate surface area is 139 Å². The molecule has 6 nitrogen and oxygen atoms in total. The lowest BCUT2D eigenvalue weighted by Gasteiger charge is -2.06. The summed E-state index contributed by atoms with van der Waals surface area (Å²) in [6.07, 6.45) is 2.96. The number of hydrogen-bond acceptors (Lipinski definition) is 6. The summed E-state index contributed by atoms with van der Waals surface area (Å²) < 4.78 is 26.2. The van der Waals surface area contributed by atoms with Crippen LogP contribution in [0.4, 0.5) is 14.5 Å². The first-order valence-corrected chi connectivity index (χ1v) is 7.83. The van der Waals surface area contributed by atoms with Crippen molar-refractivity contribution in [2.45, 2.75) is 11.9 Å². The fourth-order valence-corrected chi connectivity index (χ4v) is 2.75. The second kappa shape index (κ2) is 6.83. The molecule has 0 spiro atoms. The lowest BCUT2D eigenvalue weighted by molar-refractivity contribution is -0.113. The molecule has 0 radical (unpaired) electrons. The van der Waals surface area contributed by atoms with Crippen molar-refractivity contribution in [1.29, 1.82) is 0 Å². The number of carbonyl (C=O) groups excluding carboxylic acids is 1. The molecule has 0 fully saturated rings. The Morgan fingerprint density at radius 2 is 1.92 bits per heavy atom. The molecule has 0 saturated carbocycles. The van der Waals surface area contributed by atoms with E-state index in [4.69, 9.17) is 0 Å². The van der Waals surface area contributed by atoms with Gasteiger partial charge in [-0.1, -0.05) is 11.8 Å². The van der Waals surface area contributed by atoms with Crippen molar-refractivity contribution in [3.05, 3.63) is 48.2 Å². The molecular formula is C15H11F2N5OS. The van der Waals surface area contributed by atoms with E-state index in [9.17, 15) is 13.6 Å². The highest BCUT2D eigenvalue weighted by molar-refractivity contribution is 8.00. The van der Waals surface area contributed by atoms with Crippen molar-refractivity contribution in [3.63, 3.8) is 0 Å². The zero-order chi connectivity index (χ0) is 17.1. The summed E-state index contributed by atoms with van der Waals surface area (Å²) in [4.78, 5) is 28.4. The van der Waals surface area contributed by atoms with Gasteiger partial charge in [0.05, 0.1) is 11.1 Å². The predicted octanol–water partition coefficient (Wildman–Crippen LogP) is 2.74. The van der Waals surface area contributed by atoms with Crippen LogP contribution in [0.2, 0.25) is 0 Å². The first-order valence-electron chi connectivity index (χ1n) is 6.84. The van der Waals surface area contributed by atoms with Crippen molar-refractivity contribution < 1.29 is 13.6 Å². The Kier molecular flexibility index (Phi) is 4.61. The molecule has 1 N–H and O–H groups in total. The van der Waals surface area contributed by atoms with Gasteiger partial charge < -0.3 is 5.32 Å². The molecule has 0 bridgehead atoms. The smallest absolute Gasteiger partial charge is 0.234 e. The summed E-state index contributed by atoms with van der Waals surface area (Å²) in [6, 6.07) is 2.82. The number of nitrogens with zero attached hydrogens (tertiary/aromatic N) is 4. The molecule has 2 heterocycles. The quantitative estimate of drug-likeness (QED) is 0.577. The summed E-state index contributed by atoms with van der Waals surface area (Å²) in [5, 5.41) is 3.63. The third kappa shape index (κ3) is 3.80. The Balaban J connectivity index is 1.70. The van der Waals surface area contributed by atoms with Crippen LogP contribution in [0.3, 0.4) is 0 Å². The van der Waals surface area contributed by atoms with E-state index in [1.165, 1.54) is 6.33 Å². The van der Waals surface area contributed by atoms with E-state index >= 15 is 0 Å². The van der Waals surface area contributed by atoms with Gasteiger partial charge in [0.2, 0.25) is 5.91 Å². The van der Waals surface area contributed by atoms with Crippen LogP contribution in [0.25, 0.3) is 11.0 Å². The minimum absolute atomic E-state index is 0.0120. The van der Waals surface area contributed by atoms with Crippen LogP contribution in [0, 0.1) is 18.6 Å². The summed E-state index contributed by atoms with van der Waals surface area (Å²) in [6.45, 7) is 1.75. The molecule has 9 heteroatoms. The molecule has 1 aromatic carbocycles. The highest BCUT2D eigenvalue weighted by Crippen LogP contribution is 2.23. The number of aryl methyl sites for hydroxylation is 1. The molecule has 0 aliphatic rings. The Hall–Kier alpha value is -2.68. The van der Waals surface area contributed by atoms with Gasteiger partial charge in [0, 0.05) is 18.0 Å². The summed E-state index contributed by atoms with van der Waals surface area (Å²) in [5.41, 5.74) is 0.553. The van der Waals surface area contributed by atoms with Gasteiger partial charge in [-0.15, -0.1) is 0 Å². The second-order valence-corrected chi connectivity index (χ2v) is 5.79. The van der Waals surface area contributed by atoms with Crippen LogP contribution in [0.5, 0.6) is 0 Å². The van der Waals surface area contributed by atoms with E-state index in [0.29, 0.717) is 21.9 Å². The summed E-state index contributed by atoms with van der Waals surface area (Å²) >= 11 is 1.16. The first-order chi connectivity index (χ1) is 11.5. The third-order valence-corrected chi connectivity index (χ3v) is 3.97. The maximum Gasteiger partial charge on any atom is 0.234 e. The lowest BCUT2D eigenvalue weighted by Crippen LogP contribution is -2.14. The molecule has 0 atom stereocenters. The molecule has 0 aliphatic carbocycles. The third-order valence-electron chi connectivity index (χ3n) is 2.96. The van der Waals surface area contributed by atoms with Crippen molar-refractivity contribution in [3.8, 4) is 0 Å². The van der Waals surface area contributed by atoms with Crippen molar-refractivity contribution in [1.82, 2.24) is 19.9 Å². The number of aromatic nitrogens is 4. The number of amides is 1. The monoisotopic (exact) mass is 347 g/mol. The van der Waals surface area contributed by atoms with E-state index in [2.05, 4.69) is 25.3 Å². The molecule has 0 unspecified atom stereocenters. The maximum absolute atomic E-state index is 13.1. The highest BCUT2D eigenvalue weighted by atomic mass is 32.2. The lowest BCUT2D eigenvalue weighted by atomic mass is 10.3. The van der Waals surface area contributed by atoms with Gasteiger partial charge in [0.15, 0.2) is 5.65 Å². The van der Waals surface area contributed by atoms with Gasteiger partial charge in [-0.25, -0.2) is 28.7 Å². The first kappa shape index (κ1) is 16.2. The highest BCUT2D eigenvalue weighted by Gasteiger charge is 2.10. The Morgan fingerprint density at radius 3 is 2.67 bits per heavy atom. The minimum Gasteiger partial charge on any atom is -0.325 e. The van der Waals surface area contributed by atoms with Crippen LogP contribution in [0.1, 0.15) is 5.82 Å². The van der Waals surface area contributed by atoms with Crippen molar-refractivity contribution in [2.75, 3.05) is 11.1 Å². The summed E-state index contributed by atoms with van der Waals surface area (Å²) in [5.74, 6) is -1.33. The van der Waals surface area contributed by atoms with Gasteiger partial charge in [-0.2, -0.15) is 0 Å². The van der Waals surface area contributed by atoms with Crippen LogP contribution in [-0.2, 0) is 4.79 Å². The molecule has 2 aromatic heterocycles. The van der Waals surface area contributed by atoms with Crippen LogP contribution in [-0.4, -0.2) is 31.6 Å². The Bertz CT molecular complexity index is 901. The number of nitrogens with one attached hydrogen (secondary N) is 1. The normalized spacial score (nSPS) is 10.8. The minimum atomic E-state index is -0.757. The number of thioether (sulfide) groups is 1.